The first-order valence-electron chi connectivity index (χ1n) is 9.42. The van der Waals surface area contributed by atoms with Crippen LogP contribution in [-0.4, -0.2) is 26.4 Å². The number of amides is 1. The Bertz CT molecular complexity index is 1030. The molecule has 1 aromatic heterocycles. The minimum Gasteiger partial charge on any atom is -0.485 e. The summed E-state index contributed by atoms with van der Waals surface area (Å²) in [5.41, 5.74) is 5.30. The maximum Gasteiger partial charge on any atom is 0.234 e. The predicted molar refractivity (Wildman–Crippen MR) is 117 cm³/mol. The molecule has 7 heteroatoms. The van der Waals surface area contributed by atoms with Gasteiger partial charge in [0.25, 0.3) is 0 Å². The number of aromatic nitrogens is 3. The first-order valence-corrected chi connectivity index (χ1v) is 10.4. The third-order valence-electron chi connectivity index (χ3n) is 4.84. The second-order valence-corrected chi connectivity index (χ2v) is 8.04. The van der Waals surface area contributed by atoms with Crippen LogP contribution in [-0.2, 0) is 18.4 Å². The summed E-state index contributed by atoms with van der Waals surface area (Å²) >= 11 is 1.35. The lowest BCUT2D eigenvalue weighted by molar-refractivity contribution is -0.113. The Morgan fingerprint density at radius 1 is 1.10 bits per heavy atom. The maximum absolute atomic E-state index is 12.3. The van der Waals surface area contributed by atoms with E-state index in [1.165, 1.54) is 17.3 Å². The van der Waals surface area contributed by atoms with E-state index in [9.17, 15) is 4.79 Å². The van der Waals surface area contributed by atoms with E-state index in [0.29, 0.717) is 17.6 Å². The molecule has 0 unspecified atom stereocenters. The molecule has 29 heavy (non-hydrogen) atoms. The molecule has 0 saturated heterocycles. The molecule has 0 bridgehead atoms. The van der Waals surface area contributed by atoms with Crippen molar-refractivity contribution >= 4 is 23.4 Å². The van der Waals surface area contributed by atoms with Gasteiger partial charge in [-0.05, 0) is 62.1 Å². The van der Waals surface area contributed by atoms with E-state index in [1.54, 1.807) is 0 Å². The van der Waals surface area contributed by atoms with Gasteiger partial charge in [0, 0.05) is 12.7 Å². The van der Waals surface area contributed by atoms with Gasteiger partial charge in [0.15, 0.2) is 11.0 Å². The Morgan fingerprint density at radius 3 is 2.69 bits per heavy atom. The van der Waals surface area contributed by atoms with Gasteiger partial charge in [0.1, 0.15) is 12.4 Å². The number of aryl methyl sites for hydroxylation is 3. The first kappa shape index (κ1) is 20.9. The lowest BCUT2D eigenvalue weighted by Crippen LogP contribution is -2.15. The molecule has 0 spiro atoms. The van der Waals surface area contributed by atoms with Crippen LogP contribution in [0.1, 0.15) is 28.1 Å². The topological polar surface area (TPSA) is 69.0 Å². The summed E-state index contributed by atoms with van der Waals surface area (Å²) in [6.45, 7) is 8.40. The molecule has 0 atom stereocenters. The first-order chi connectivity index (χ1) is 13.8. The number of benzene rings is 2. The normalized spacial score (nSPS) is 10.8. The van der Waals surface area contributed by atoms with Crippen molar-refractivity contribution in [3.63, 3.8) is 0 Å². The second kappa shape index (κ2) is 9.13. The van der Waals surface area contributed by atoms with Gasteiger partial charge < -0.3 is 14.6 Å². The van der Waals surface area contributed by atoms with E-state index in [4.69, 9.17) is 4.74 Å². The van der Waals surface area contributed by atoms with Gasteiger partial charge >= 0.3 is 0 Å². The van der Waals surface area contributed by atoms with Crippen molar-refractivity contribution in [2.75, 3.05) is 11.1 Å². The van der Waals surface area contributed by atoms with Gasteiger partial charge in [-0.1, -0.05) is 36.0 Å². The second-order valence-electron chi connectivity index (χ2n) is 7.10. The summed E-state index contributed by atoms with van der Waals surface area (Å²) < 4.78 is 7.78. The zero-order valence-corrected chi connectivity index (χ0v) is 18.3. The fraction of sp³-hybridized carbons (Fsp3) is 0.318. The van der Waals surface area contributed by atoms with Crippen LogP contribution >= 0.6 is 11.8 Å². The highest BCUT2D eigenvalue weighted by molar-refractivity contribution is 7.99. The summed E-state index contributed by atoms with van der Waals surface area (Å²) in [4.78, 5) is 12.3. The molecule has 3 rings (SSSR count). The van der Waals surface area contributed by atoms with Crippen molar-refractivity contribution in [2.24, 2.45) is 7.05 Å². The standard InChI is InChI=1S/C22H26N4O2S/c1-14-9-10-16(3)18(11-14)23-21(27)13-29-22-25-24-20(26(22)5)12-28-19-8-6-7-15(2)17(19)4/h6-11H,12-13H2,1-5H3,(H,23,27). The van der Waals surface area contributed by atoms with Gasteiger partial charge in [0.2, 0.25) is 5.91 Å². The average molecular weight is 411 g/mol. The quantitative estimate of drug-likeness (QED) is 0.586. The Labute approximate surface area is 175 Å². The SMILES string of the molecule is Cc1ccc(C)c(NC(=O)CSc2nnc(COc3cccc(C)c3C)n2C)c1. The Morgan fingerprint density at radius 2 is 1.90 bits per heavy atom. The third kappa shape index (κ3) is 5.17. The molecule has 2 aromatic carbocycles. The maximum atomic E-state index is 12.3. The summed E-state index contributed by atoms with van der Waals surface area (Å²) in [6, 6.07) is 12.0. The van der Waals surface area contributed by atoms with Crippen LogP contribution in [0.4, 0.5) is 5.69 Å². The number of anilines is 1. The van der Waals surface area contributed by atoms with Crippen LogP contribution < -0.4 is 10.1 Å². The molecule has 152 valence electrons. The molecule has 0 aliphatic rings. The highest BCUT2D eigenvalue weighted by Gasteiger charge is 2.13. The van der Waals surface area contributed by atoms with E-state index >= 15 is 0 Å². The van der Waals surface area contributed by atoms with Crippen LogP contribution in [0.15, 0.2) is 41.6 Å². The molecular formula is C22H26N4O2S. The highest BCUT2D eigenvalue weighted by Crippen LogP contribution is 2.23. The molecular weight excluding hydrogens is 384 g/mol. The predicted octanol–water partition coefficient (Wildman–Crippen LogP) is 4.36. The van der Waals surface area contributed by atoms with Crippen molar-refractivity contribution in [2.45, 2.75) is 39.5 Å². The number of ether oxygens (including phenoxy) is 1. The number of thioether (sulfide) groups is 1. The number of nitrogens with one attached hydrogen (secondary N) is 1. The number of carbonyl (C=O) groups excluding carboxylic acids is 1. The van der Waals surface area contributed by atoms with Gasteiger partial charge in [-0.15, -0.1) is 10.2 Å². The zero-order chi connectivity index (χ0) is 21.0. The van der Waals surface area contributed by atoms with Crippen LogP contribution in [0.2, 0.25) is 0 Å². The smallest absolute Gasteiger partial charge is 0.234 e. The Balaban J connectivity index is 1.57. The molecule has 3 aromatic rings. The zero-order valence-electron chi connectivity index (χ0n) is 17.4. The summed E-state index contributed by atoms with van der Waals surface area (Å²) in [6.07, 6.45) is 0. The molecule has 1 N–H and O–H groups in total. The molecule has 0 fully saturated rings. The van der Waals surface area contributed by atoms with Gasteiger partial charge in [-0.3, -0.25) is 4.79 Å². The van der Waals surface area contributed by atoms with E-state index < -0.39 is 0 Å². The van der Waals surface area contributed by atoms with Crippen LogP contribution in [0.3, 0.4) is 0 Å². The van der Waals surface area contributed by atoms with E-state index in [1.807, 2.05) is 62.7 Å². The fourth-order valence-electron chi connectivity index (χ4n) is 2.81. The lowest BCUT2D eigenvalue weighted by atomic mass is 10.1. The molecule has 0 radical (unpaired) electrons. The summed E-state index contributed by atoms with van der Waals surface area (Å²) in [5, 5.41) is 12.0. The van der Waals surface area contributed by atoms with Gasteiger partial charge in [-0.25, -0.2) is 0 Å². The number of rotatable bonds is 7. The highest BCUT2D eigenvalue weighted by atomic mass is 32.2. The van der Waals surface area contributed by atoms with Crippen molar-refractivity contribution in [1.82, 2.24) is 14.8 Å². The van der Waals surface area contributed by atoms with E-state index in [2.05, 4.69) is 28.5 Å². The van der Waals surface area contributed by atoms with Crippen molar-refractivity contribution in [3.8, 4) is 5.75 Å². The lowest BCUT2D eigenvalue weighted by Gasteiger charge is -2.11. The number of hydrogen-bond donors (Lipinski definition) is 1. The summed E-state index contributed by atoms with van der Waals surface area (Å²) in [5.74, 6) is 1.75. The van der Waals surface area contributed by atoms with E-state index in [0.717, 1.165) is 28.1 Å². The van der Waals surface area contributed by atoms with Gasteiger partial charge in [-0.2, -0.15) is 0 Å². The van der Waals surface area contributed by atoms with Gasteiger partial charge in [0.05, 0.1) is 5.75 Å². The molecule has 0 saturated carbocycles. The Kier molecular flexibility index (Phi) is 6.59. The number of carbonyl (C=O) groups is 1. The summed E-state index contributed by atoms with van der Waals surface area (Å²) in [7, 11) is 1.88. The Hall–Kier alpha value is -2.80. The molecule has 6 nitrogen and oxygen atoms in total. The van der Waals surface area contributed by atoms with Crippen molar-refractivity contribution < 1.29 is 9.53 Å². The molecule has 0 aliphatic heterocycles. The average Bonchev–Trinajstić information content (AvgIpc) is 3.04. The molecule has 1 amide bonds. The van der Waals surface area contributed by atoms with Crippen molar-refractivity contribution in [1.29, 1.82) is 0 Å². The fourth-order valence-corrected chi connectivity index (χ4v) is 3.54. The van der Waals surface area contributed by atoms with Crippen molar-refractivity contribution in [3.05, 3.63) is 64.5 Å². The minimum atomic E-state index is -0.0696. The van der Waals surface area contributed by atoms with Crippen LogP contribution in [0, 0.1) is 27.7 Å². The van der Waals surface area contributed by atoms with Crippen LogP contribution in [0.5, 0.6) is 5.75 Å². The van der Waals surface area contributed by atoms with E-state index in [-0.39, 0.29) is 11.7 Å². The van der Waals surface area contributed by atoms with Crippen LogP contribution in [0.25, 0.3) is 0 Å². The molecule has 1 heterocycles. The minimum absolute atomic E-state index is 0.0696. The largest absolute Gasteiger partial charge is 0.485 e. The number of hydrogen-bond acceptors (Lipinski definition) is 5. The monoisotopic (exact) mass is 410 g/mol. The third-order valence-corrected chi connectivity index (χ3v) is 5.86. The number of nitrogens with zero attached hydrogens (tertiary/aromatic N) is 3. The molecule has 0 aliphatic carbocycles.